The average Bonchev–Trinajstić information content (AvgIpc) is 2.65. The standard InChI is InChI=1S/C15H30N2/c1-12(2)5-4-6-13(3)16-15-8-10-17-9-7-14(15)11-17/h12-16H,4-11H2,1-3H3. The number of rotatable bonds is 6. The molecule has 17 heavy (non-hydrogen) atoms. The first-order valence-electron chi connectivity index (χ1n) is 7.63. The van der Waals surface area contributed by atoms with E-state index in [1.807, 2.05) is 0 Å². The molecule has 4 atom stereocenters. The third-order valence-electron chi connectivity index (χ3n) is 4.55. The summed E-state index contributed by atoms with van der Waals surface area (Å²) in [6.45, 7) is 11.1. The van der Waals surface area contributed by atoms with Crippen molar-refractivity contribution < 1.29 is 0 Å². The summed E-state index contributed by atoms with van der Waals surface area (Å²) in [5, 5.41) is 3.89. The molecule has 0 spiro atoms. The largest absolute Gasteiger partial charge is 0.311 e. The molecular weight excluding hydrogens is 208 g/mol. The van der Waals surface area contributed by atoms with Crippen LogP contribution in [0.25, 0.3) is 0 Å². The first kappa shape index (κ1) is 13.4. The summed E-state index contributed by atoms with van der Waals surface area (Å²) < 4.78 is 0. The minimum Gasteiger partial charge on any atom is -0.311 e. The van der Waals surface area contributed by atoms with Crippen LogP contribution >= 0.6 is 0 Å². The van der Waals surface area contributed by atoms with Gasteiger partial charge in [0, 0.05) is 18.6 Å². The fraction of sp³-hybridized carbons (Fsp3) is 1.00. The summed E-state index contributed by atoms with van der Waals surface area (Å²) in [5.74, 6) is 1.80. The molecule has 0 saturated carbocycles. The molecule has 100 valence electrons. The van der Waals surface area contributed by atoms with Crippen LogP contribution < -0.4 is 5.32 Å². The number of piperidine rings is 1. The quantitative estimate of drug-likeness (QED) is 0.765. The van der Waals surface area contributed by atoms with Crippen LogP contribution in [0.5, 0.6) is 0 Å². The first-order chi connectivity index (χ1) is 8.15. The van der Waals surface area contributed by atoms with E-state index in [2.05, 4.69) is 31.0 Å². The van der Waals surface area contributed by atoms with Crippen molar-refractivity contribution in [1.29, 1.82) is 0 Å². The lowest BCUT2D eigenvalue weighted by atomic mass is 9.93. The highest BCUT2D eigenvalue weighted by Crippen LogP contribution is 2.27. The Morgan fingerprint density at radius 1 is 1.12 bits per heavy atom. The molecule has 2 nitrogen and oxygen atoms in total. The van der Waals surface area contributed by atoms with Crippen molar-refractivity contribution in [3.8, 4) is 0 Å². The van der Waals surface area contributed by atoms with Gasteiger partial charge in [0.05, 0.1) is 0 Å². The smallest absolute Gasteiger partial charge is 0.0123 e. The molecule has 2 heterocycles. The molecular formula is C15H30N2. The van der Waals surface area contributed by atoms with E-state index in [1.165, 1.54) is 51.7 Å². The van der Waals surface area contributed by atoms with Crippen LogP contribution in [0.1, 0.15) is 52.9 Å². The summed E-state index contributed by atoms with van der Waals surface area (Å²) >= 11 is 0. The molecule has 2 heteroatoms. The van der Waals surface area contributed by atoms with Gasteiger partial charge in [0.1, 0.15) is 0 Å². The van der Waals surface area contributed by atoms with E-state index < -0.39 is 0 Å². The molecule has 0 aromatic carbocycles. The molecule has 2 bridgehead atoms. The van der Waals surface area contributed by atoms with Gasteiger partial charge in [-0.15, -0.1) is 0 Å². The van der Waals surface area contributed by atoms with E-state index >= 15 is 0 Å². The van der Waals surface area contributed by atoms with E-state index in [0.717, 1.165) is 17.9 Å². The summed E-state index contributed by atoms with van der Waals surface area (Å²) in [6.07, 6.45) is 6.92. The molecule has 1 N–H and O–H groups in total. The molecule has 2 aliphatic rings. The zero-order valence-corrected chi connectivity index (χ0v) is 11.9. The van der Waals surface area contributed by atoms with Crippen molar-refractivity contribution in [2.24, 2.45) is 11.8 Å². The van der Waals surface area contributed by atoms with Crippen molar-refractivity contribution in [1.82, 2.24) is 10.2 Å². The van der Waals surface area contributed by atoms with E-state index in [4.69, 9.17) is 0 Å². The highest BCUT2D eigenvalue weighted by molar-refractivity contribution is 4.91. The molecule has 2 fully saturated rings. The third-order valence-corrected chi connectivity index (χ3v) is 4.55. The summed E-state index contributed by atoms with van der Waals surface area (Å²) in [5.41, 5.74) is 0. The van der Waals surface area contributed by atoms with Crippen molar-refractivity contribution >= 4 is 0 Å². The van der Waals surface area contributed by atoms with Crippen molar-refractivity contribution in [3.63, 3.8) is 0 Å². The summed E-state index contributed by atoms with van der Waals surface area (Å²) in [7, 11) is 0. The molecule has 0 aliphatic carbocycles. The lowest BCUT2D eigenvalue weighted by molar-refractivity contribution is 0.209. The molecule has 0 amide bonds. The molecule has 0 aromatic rings. The number of nitrogens with one attached hydrogen (secondary N) is 1. The predicted molar refractivity (Wildman–Crippen MR) is 74.2 cm³/mol. The van der Waals surface area contributed by atoms with Crippen molar-refractivity contribution in [2.45, 2.75) is 65.0 Å². The van der Waals surface area contributed by atoms with Gasteiger partial charge in [-0.05, 0) is 51.1 Å². The molecule has 2 rings (SSSR count). The second kappa shape index (κ2) is 6.19. The molecule has 2 aliphatic heterocycles. The van der Waals surface area contributed by atoms with Crippen LogP contribution in [-0.4, -0.2) is 36.6 Å². The number of fused-ring (bicyclic) bond motifs is 2. The second-order valence-corrected chi connectivity index (χ2v) is 6.64. The van der Waals surface area contributed by atoms with Gasteiger partial charge in [0.25, 0.3) is 0 Å². The first-order valence-corrected chi connectivity index (χ1v) is 7.63. The van der Waals surface area contributed by atoms with Gasteiger partial charge in [-0.1, -0.05) is 26.7 Å². The Bertz CT molecular complexity index is 227. The van der Waals surface area contributed by atoms with Crippen LogP contribution in [-0.2, 0) is 0 Å². The second-order valence-electron chi connectivity index (χ2n) is 6.64. The van der Waals surface area contributed by atoms with Gasteiger partial charge in [-0.2, -0.15) is 0 Å². The van der Waals surface area contributed by atoms with Crippen LogP contribution in [0.2, 0.25) is 0 Å². The SMILES string of the molecule is CC(C)CCCC(C)NC1CCN2CCC1C2. The summed E-state index contributed by atoms with van der Waals surface area (Å²) in [4.78, 5) is 2.63. The maximum atomic E-state index is 3.89. The van der Waals surface area contributed by atoms with Crippen LogP contribution in [0.15, 0.2) is 0 Å². The molecule has 2 saturated heterocycles. The molecule has 4 unspecified atom stereocenters. The van der Waals surface area contributed by atoms with Gasteiger partial charge >= 0.3 is 0 Å². The summed E-state index contributed by atoms with van der Waals surface area (Å²) in [6, 6.07) is 1.52. The molecule has 0 radical (unpaired) electrons. The van der Waals surface area contributed by atoms with Crippen LogP contribution in [0, 0.1) is 11.8 Å². The lowest BCUT2D eigenvalue weighted by Crippen LogP contribution is -2.47. The maximum Gasteiger partial charge on any atom is 0.0123 e. The maximum absolute atomic E-state index is 3.89. The van der Waals surface area contributed by atoms with E-state index in [0.29, 0.717) is 6.04 Å². The highest BCUT2D eigenvalue weighted by Gasteiger charge is 2.34. The Morgan fingerprint density at radius 3 is 2.65 bits per heavy atom. The zero-order chi connectivity index (χ0) is 12.3. The Morgan fingerprint density at radius 2 is 1.88 bits per heavy atom. The van der Waals surface area contributed by atoms with Crippen molar-refractivity contribution in [3.05, 3.63) is 0 Å². The average molecular weight is 238 g/mol. The number of nitrogens with zero attached hydrogens (tertiary/aromatic N) is 1. The van der Waals surface area contributed by atoms with Gasteiger partial charge in [0.15, 0.2) is 0 Å². The van der Waals surface area contributed by atoms with Gasteiger partial charge in [-0.25, -0.2) is 0 Å². The monoisotopic (exact) mass is 238 g/mol. The van der Waals surface area contributed by atoms with E-state index in [-0.39, 0.29) is 0 Å². The Kier molecular flexibility index (Phi) is 4.87. The highest BCUT2D eigenvalue weighted by atomic mass is 15.2. The number of hydrogen-bond acceptors (Lipinski definition) is 2. The normalized spacial score (nSPS) is 34.2. The predicted octanol–water partition coefficient (Wildman–Crippen LogP) is 2.89. The Hall–Kier alpha value is -0.0800. The minimum absolute atomic E-state index is 0.714. The number of hydrogen-bond donors (Lipinski definition) is 1. The third kappa shape index (κ3) is 3.96. The van der Waals surface area contributed by atoms with E-state index in [9.17, 15) is 0 Å². The van der Waals surface area contributed by atoms with Crippen molar-refractivity contribution in [2.75, 3.05) is 19.6 Å². The van der Waals surface area contributed by atoms with Gasteiger partial charge in [-0.3, -0.25) is 0 Å². The van der Waals surface area contributed by atoms with E-state index in [1.54, 1.807) is 0 Å². The fourth-order valence-corrected chi connectivity index (χ4v) is 3.45. The van der Waals surface area contributed by atoms with Crippen LogP contribution in [0.4, 0.5) is 0 Å². The molecule has 0 aromatic heterocycles. The fourth-order valence-electron chi connectivity index (χ4n) is 3.45. The topological polar surface area (TPSA) is 15.3 Å². The van der Waals surface area contributed by atoms with Gasteiger partial charge < -0.3 is 10.2 Å². The van der Waals surface area contributed by atoms with Crippen LogP contribution in [0.3, 0.4) is 0 Å². The lowest BCUT2D eigenvalue weighted by Gasteiger charge is -2.33. The minimum atomic E-state index is 0.714. The Labute approximate surface area is 107 Å². The van der Waals surface area contributed by atoms with Gasteiger partial charge in [0.2, 0.25) is 0 Å². The Balaban J connectivity index is 1.65. The zero-order valence-electron chi connectivity index (χ0n) is 11.9.